The van der Waals surface area contributed by atoms with E-state index in [-0.39, 0.29) is 30.1 Å². The van der Waals surface area contributed by atoms with Crippen LogP contribution in [0.2, 0.25) is 5.02 Å². The molecule has 0 aliphatic carbocycles. The van der Waals surface area contributed by atoms with Crippen molar-refractivity contribution in [1.29, 1.82) is 0 Å². The van der Waals surface area contributed by atoms with E-state index in [1.807, 2.05) is 6.92 Å². The number of halogens is 2. The van der Waals surface area contributed by atoms with Crippen molar-refractivity contribution in [3.63, 3.8) is 0 Å². The molecule has 0 saturated carbocycles. The van der Waals surface area contributed by atoms with Crippen molar-refractivity contribution in [3.05, 3.63) is 83.0 Å². The minimum Gasteiger partial charge on any atom is -0.459 e. The minimum absolute atomic E-state index is 0.0310. The van der Waals surface area contributed by atoms with Crippen molar-refractivity contribution in [2.45, 2.75) is 13.0 Å². The number of hydrogen-bond donors (Lipinski definition) is 3. The van der Waals surface area contributed by atoms with Crippen molar-refractivity contribution >= 4 is 34.8 Å². The third kappa shape index (κ3) is 5.58. The summed E-state index contributed by atoms with van der Waals surface area (Å²) in [5, 5.41) is 8.94. The maximum atomic E-state index is 13.0. The molecule has 1 heterocycles. The largest absolute Gasteiger partial charge is 0.459 e. The number of anilines is 2. The van der Waals surface area contributed by atoms with Gasteiger partial charge in [-0.2, -0.15) is 0 Å². The Morgan fingerprint density at radius 3 is 2.55 bits per heavy atom. The predicted octanol–water partition coefficient (Wildman–Crippen LogP) is 4.61. The van der Waals surface area contributed by atoms with Gasteiger partial charge < -0.3 is 20.4 Å². The second kappa shape index (κ2) is 9.25. The Morgan fingerprint density at radius 2 is 1.86 bits per heavy atom. The Bertz CT molecular complexity index is 991. The summed E-state index contributed by atoms with van der Waals surface area (Å²) >= 11 is 6.03. The van der Waals surface area contributed by atoms with Crippen LogP contribution in [0.25, 0.3) is 0 Å². The number of carbonyl (C=O) groups is 2. The molecule has 0 aliphatic heterocycles. The summed E-state index contributed by atoms with van der Waals surface area (Å²) in [6, 6.07) is 13.7. The molecule has 6 nitrogen and oxygen atoms in total. The number of rotatable bonds is 7. The van der Waals surface area contributed by atoms with Gasteiger partial charge in [0.1, 0.15) is 5.82 Å². The average Bonchev–Trinajstić information content (AvgIpc) is 3.23. The zero-order valence-electron chi connectivity index (χ0n) is 15.5. The Balaban J connectivity index is 1.61. The van der Waals surface area contributed by atoms with Crippen molar-refractivity contribution in [1.82, 2.24) is 5.32 Å². The lowest BCUT2D eigenvalue weighted by Crippen LogP contribution is -2.32. The molecule has 3 N–H and O–H groups in total. The molecule has 0 saturated heterocycles. The van der Waals surface area contributed by atoms with E-state index in [9.17, 15) is 14.0 Å². The van der Waals surface area contributed by atoms with Gasteiger partial charge in [-0.25, -0.2) is 4.39 Å². The molecular weight excluding hydrogens is 397 g/mol. The van der Waals surface area contributed by atoms with Crippen LogP contribution in [0.15, 0.2) is 65.3 Å². The summed E-state index contributed by atoms with van der Waals surface area (Å²) in [5.41, 5.74) is 1.73. The Kier molecular flexibility index (Phi) is 6.51. The minimum atomic E-state index is -0.435. The second-order valence-corrected chi connectivity index (χ2v) is 6.75. The number of hydrogen-bond acceptors (Lipinski definition) is 4. The topological polar surface area (TPSA) is 83.4 Å². The van der Waals surface area contributed by atoms with Gasteiger partial charge in [-0.3, -0.25) is 9.59 Å². The lowest BCUT2D eigenvalue weighted by Gasteiger charge is -2.16. The van der Waals surface area contributed by atoms with Crippen LogP contribution in [0, 0.1) is 5.82 Å². The zero-order valence-corrected chi connectivity index (χ0v) is 16.3. The maximum absolute atomic E-state index is 13.0. The van der Waals surface area contributed by atoms with Crippen molar-refractivity contribution in [2.24, 2.45) is 0 Å². The standard InChI is InChI=1S/C21H19ClFN3O3/c1-13(14-4-7-16(23)8-5-14)25-20(27)12-24-17-9-6-15(22)11-18(17)26-21(28)19-3-2-10-29-19/h2-11,13,24H,12H2,1H3,(H,25,27)(H,26,28). The Labute approximate surface area is 172 Å². The fourth-order valence-corrected chi connectivity index (χ4v) is 2.84. The summed E-state index contributed by atoms with van der Waals surface area (Å²) in [6.07, 6.45) is 1.40. The van der Waals surface area contributed by atoms with Gasteiger partial charge in [0, 0.05) is 5.02 Å². The summed E-state index contributed by atoms with van der Waals surface area (Å²) < 4.78 is 18.1. The van der Waals surface area contributed by atoms with Crippen LogP contribution in [-0.2, 0) is 4.79 Å². The SMILES string of the molecule is CC(NC(=O)CNc1ccc(Cl)cc1NC(=O)c1ccco1)c1ccc(F)cc1. The van der Waals surface area contributed by atoms with Gasteiger partial charge in [-0.05, 0) is 55.0 Å². The molecule has 3 rings (SSSR count). The molecule has 2 aromatic carbocycles. The highest BCUT2D eigenvalue weighted by Gasteiger charge is 2.14. The van der Waals surface area contributed by atoms with E-state index in [0.717, 1.165) is 5.56 Å². The number of nitrogens with one attached hydrogen (secondary N) is 3. The molecule has 29 heavy (non-hydrogen) atoms. The fourth-order valence-electron chi connectivity index (χ4n) is 2.67. The van der Waals surface area contributed by atoms with Crippen LogP contribution in [0.3, 0.4) is 0 Å². The Morgan fingerprint density at radius 1 is 1.10 bits per heavy atom. The van der Waals surface area contributed by atoms with Gasteiger partial charge in [0.15, 0.2) is 5.76 Å². The number of furan rings is 1. The summed E-state index contributed by atoms with van der Waals surface area (Å²) in [5.74, 6) is -0.877. The van der Waals surface area contributed by atoms with Gasteiger partial charge >= 0.3 is 0 Å². The molecule has 8 heteroatoms. The highest BCUT2D eigenvalue weighted by molar-refractivity contribution is 6.31. The average molecular weight is 416 g/mol. The predicted molar refractivity (Wildman–Crippen MR) is 110 cm³/mol. The smallest absolute Gasteiger partial charge is 0.291 e. The van der Waals surface area contributed by atoms with Gasteiger partial charge in [-0.15, -0.1) is 0 Å². The Hall–Kier alpha value is -3.32. The molecule has 0 bridgehead atoms. The molecule has 2 amide bonds. The molecule has 1 aromatic heterocycles. The first kappa shape index (κ1) is 20.4. The molecule has 0 fully saturated rings. The van der Waals surface area contributed by atoms with Crippen LogP contribution in [0.5, 0.6) is 0 Å². The summed E-state index contributed by atoms with van der Waals surface area (Å²) in [4.78, 5) is 24.5. The number of benzene rings is 2. The quantitative estimate of drug-likeness (QED) is 0.526. The van der Waals surface area contributed by atoms with E-state index in [1.54, 1.807) is 36.4 Å². The van der Waals surface area contributed by atoms with Crippen molar-refractivity contribution in [2.75, 3.05) is 17.2 Å². The van der Waals surface area contributed by atoms with E-state index < -0.39 is 5.91 Å². The second-order valence-electron chi connectivity index (χ2n) is 6.32. The molecule has 3 aromatic rings. The first-order valence-corrected chi connectivity index (χ1v) is 9.23. The van der Waals surface area contributed by atoms with Crippen LogP contribution in [0.1, 0.15) is 29.1 Å². The highest BCUT2D eigenvalue weighted by Crippen LogP contribution is 2.26. The van der Waals surface area contributed by atoms with E-state index in [2.05, 4.69) is 16.0 Å². The lowest BCUT2D eigenvalue weighted by molar-refractivity contribution is -0.120. The highest BCUT2D eigenvalue weighted by atomic mass is 35.5. The molecular formula is C21H19ClFN3O3. The molecule has 0 radical (unpaired) electrons. The number of carbonyl (C=O) groups excluding carboxylic acids is 2. The van der Waals surface area contributed by atoms with E-state index in [4.69, 9.17) is 16.0 Å². The van der Waals surface area contributed by atoms with E-state index in [0.29, 0.717) is 16.4 Å². The van der Waals surface area contributed by atoms with Gasteiger partial charge in [0.2, 0.25) is 5.91 Å². The molecule has 1 unspecified atom stereocenters. The van der Waals surface area contributed by atoms with Crippen molar-refractivity contribution in [3.8, 4) is 0 Å². The maximum Gasteiger partial charge on any atom is 0.291 e. The van der Waals surface area contributed by atoms with Crippen LogP contribution < -0.4 is 16.0 Å². The zero-order chi connectivity index (χ0) is 20.8. The number of amides is 2. The van der Waals surface area contributed by atoms with Crippen LogP contribution in [-0.4, -0.2) is 18.4 Å². The fraction of sp³-hybridized carbons (Fsp3) is 0.143. The third-order valence-electron chi connectivity index (χ3n) is 4.16. The van der Waals surface area contributed by atoms with E-state index >= 15 is 0 Å². The normalized spacial score (nSPS) is 11.6. The monoisotopic (exact) mass is 415 g/mol. The van der Waals surface area contributed by atoms with Crippen molar-refractivity contribution < 1.29 is 18.4 Å². The molecule has 1 atom stereocenters. The molecule has 0 aliphatic rings. The van der Waals surface area contributed by atoms with Gasteiger partial charge in [0.25, 0.3) is 5.91 Å². The van der Waals surface area contributed by atoms with Crippen LogP contribution in [0.4, 0.5) is 15.8 Å². The van der Waals surface area contributed by atoms with Gasteiger partial charge in [0.05, 0.1) is 30.2 Å². The molecule has 150 valence electrons. The summed E-state index contributed by atoms with van der Waals surface area (Å²) in [7, 11) is 0. The van der Waals surface area contributed by atoms with Gasteiger partial charge in [-0.1, -0.05) is 23.7 Å². The first-order chi connectivity index (χ1) is 13.9. The van der Waals surface area contributed by atoms with E-state index in [1.165, 1.54) is 24.5 Å². The third-order valence-corrected chi connectivity index (χ3v) is 4.40. The molecule has 0 spiro atoms. The van der Waals surface area contributed by atoms with Crippen LogP contribution >= 0.6 is 11.6 Å². The lowest BCUT2D eigenvalue weighted by atomic mass is 10.1. The first-order valence-electron chi connectivity index (χ1n) is 8.85. The summed E-state index contributed by atoms with van der Waals surface area (Å²) in [6.45, 7) is 1.78.